The van der Waals surface area contributed by atoms with Crippen LogP contribution in [0.3, 0.4) is 0 Å². The average molecular weight is 212 g/mol. The largest absolute Gasteiger partial charge is 0.458 e. The van der Waals surface area contributed by atoms with Gasteiger partial charge in [0.1, 0.15) is 6.10 Å². The summed E-state index contributed by atoms with van der Waals surface area (Å²) in [7, 11) is 0. The normalized spacial score (nSPS) is 19.3. The Morgan fingerprint density at radius 3 is 2.40 bits per heavy atom. The fourth-order valence-corrected chi connectivity index (χ4v) is 1.48. The third kappa shape index (κ3) is 2.32. The quantitative estimate of drug-likeness (QED) is 0.704. The van der Waals surface area contributed by atoms with Gasteiger partial charge in [-0.05, 0) is 12.1 Å². The van der Waals surface area contributed by atoms with Crippen LogP contribution in [0.1, 0.15) is 23.2 Å². The Bertz CT molecular complexity index is 354. The van der Waals surface area contributed by atoms with Gasteiger partial charge < -0.3 is 4.74 Å². The molecule has 1 aliphatic carbocycles. The van der Waals surface area contributed by atoms with Crippen molar-refractivity contribution in [3.05, 3.63) is 35.9 Å². The Morgan fingerprint density at radius 2 is 1.87 bits per heavy atom. The molecular weight excluding hydrogens is 202 g/mol. The Balaban J connectivity index is 1.89. The second kappa shape index (κ2) is 3.61. The van der Waals surface area contributed by atoms with Crippen LogP contribution in [0.5, 0.6) is 0 Å². The van der Waals surface area contributed by atoms with E-state index in [9.17, 15) is 13.6 Å². The van der Waals surface area contributed by atoms with E-state index in [4.69, 9.17) is 4.74 Å². The van der Waals surface area contributed by atoms with Gasteiger partial charge in [-0.2, -0.15) is 0 Å². The van der Waals surface area contributed by atoms with Gasteiger partial charge in [-0.3, -0.25) is 0 Å². The van der Waals surface area contributed by atoms with Crippen LogP contribution in [0.4, 0.5) is 8.78 Å². The van der Waals surface area contributed by atoms with E-state index < -0.39 is 18.0 Å². The van der Waals surface area contributed by atoms with Gasteiger partial charge in [0.2, 0.25) is 0 Å². The van der Waals surface area contributed by atoms with Gasteiger partial charge in [0.25, 0.3) is 5.92 Å². The number of carbonyl (C=O) groups is 1. The first-order chi connectivity index (χ1) is 7.07. The van der Waals surface area contributed by atoms with Gasteiger partial charge in [0.15, 0.2) is 0 Å². The maximum atomic E-state index is 12.4. The lowest BCUT2D eigenvalue weighted by atomic mass is 9.91. The van der Waals surface area contributed by atoms with Gasteiger partial charge in [-0.1, -0.05) is 18.2 Å². The van der Waals surface area contributed by atoms with Gasteiger partial charge in [0.05, 0.1) is 5.56 Å². The lowest BCUT2D eigenvalue weighted by molar-refractivity contribution is -0.146. The molecule has 1 aromatic rings. The third-order valence-electron chi connectivity index (χ3n) is 2.34. The monoisotopic (exact) mass is 212 g/mol. The zero-order valence-electron chi connectivity index (χ0n) is 7.95. The molecule has 0 bridgehead atoms. The Labute approximate surface area is 85.9 Å². The summed E-state index contributed by atoms with van der Waals surface area (Å²) in [6.07, 6.45) is -1.34. The van der Waals surface area contributed by atoms with Crippen molar-refractivity contribution >= 4 is 5.97 Å². The van der Waals surface area contributed by atoms with Crippen LogP contribution >= 0.6 is 0 Å². The average Bonchev–Trinajstić information content (AvgIpc) is 2.16. The van der Waals surface area contributed by atoms with Crippen molar-refractivity contribution in [1.82, 2.24) is 0 Å². The Kier molecular flexibility index (Phi) is 2.42. The second-order valence-corrected chi connectivity index (χ2v) is 3.66. The summed E-state index contributed by atoms with van der Waals surface area (Å²) in [6, 6.07) is 8.37. The Morgan fingerprint density at radius 1 is 1.27 bits per heavy atom. The highest BCUT2D eigenvalue weighted by Crippen LogP contribution is 2.39. The zero-order chi connectivity index (χ0) is 10.9. The molecule has 0 spiro atoms. The van der Waals surface area contributed by atoms with Crippen molar-refractivity contribution < 1.29 is 18.3 Å². The highest BCUT2D eigenvalue weighted by molar-refractivity contribution is 5.89. The fourth-order valence-electron chi connectivity index (χ4n) is 1.48. The van der Waals surface area contributed by atoms with Crippen LogP contribution in [-0.4, -0.2) is 18.0 Å². The number of rotatable bonds is 2. The van der Waals surface area contributed by atoms with E-state index in [-0.39, 0.29) is 12.8 Å². The van der Waals surface area contributed by atoms with Crippen LogP contribution < -0.4 is 0 Å². The molecule has 1 saturated carbocycles. The minimum Gasteiger partial charge on any atom is -0.458 e. The van der Waals surface area contributed by atoms with Crippen molar-refractivity contribution in [3.63, 3.8) is 0 Å². The molecule has 4 heteroatoms. The number of ether oxygens (including phenoxy) is 1. The molecule has 0 saturated heterocycles. The predicted octanol–water partition coefficient (Wildman–Crippen LogP) is 2.64. The predicted molar refractivity (Wildman–Crippen MR) is 49.8 cm³/mol. The van der Waals surface area contributed by atoms with Crippen molar-refractivity contribution in [1.29, 1.82) is 0 Å². The SMILES string of the molecule is O=C(OC1CC(F)(F)C1)c1ccccc1. The number of esters is 1. The van der Waals surface area contributed by atoms with Gasteiger partial charge >= 0.3 is 5.97 Å². The lowest BCUT2D eigenvalue weighted by Crippen LogP contribution is -2.42. The first kappa shape index (κ1) is 10.1. The van der Waals surface area contributed by atoms with E-state index >= 15 is 0 Å². The molecule has 0 heterocycles. The summed E-state index contributed by atoms with van der Waals surface area (Å²) in [5.41, 5.74) is 0.396. The summed E-state index contributed by atoms with van der Waals surface area (Å²) in [6.45, 7) is 0. The number of alkyl halides is 2. The van der Waals surface area contributed by atoms with Gasteiger partial charge in [-0.25, -0.2) is 13.6 Å². The zero-order valence-corrected chi connectivity index (χ0v) is 7.95. The van der Waals surface area contributed by atoms with E-state index in [2.05, 4.69) is 0 Å². The molecule has 2 nitrogen and oxygen atoms in total. The Hall–Kier alpha value is -1.45. The lowest BCUT2D eigenvalue weighted by Gasteiger charge is -2.33. The number of halogens is 2. The molecule has 15 heavy (non-hydrogen) atoms. The molecule has 0 unspecified atom stereocenters. The summed E-state index contributed by atoms with van der Waals surface area (Å²) in [5.74, 6) is -3.18. The molecule has 0 aliphatic heterocycles. The number of carbonyl (C=O) groups excluding carboxylic acids is 1. The molecule has 0 N–H and O–H groups in total. The number of benzene rings is 1. The molecule has 1 fully saturated rings. The van der Waals surface area contributed by atoms with E-state index in [1.165, 1.54) is 0 Å². The van der Waals surface area contributed by atoms with Gasteiger partial charge in [0, 0.05) is 12.8 Å². The van der Waals surface area contributed by atoms with E-state index in [0.717, 1.165) is 0 Å². The molecule has 0 atom stereocenters. The van der Waals surface area contributed by atoms with E-state index in [1.807, 2.05) is 0 Å². The maximum Gasteiger partial charge on any atom is 0.338 e. The van der Waals surface area contributed by atoms with Gasteiger partial charge in [-0.15, -0.1) is 0 Å². The molecule has 0 amide bonds. The minimum absolute atomic E-state index is 0.356. The standard InChI is InChI=1S/C11H10F2O2/c12-11(13)6-9(7-11)15-10(14)8-4-2-1-3-5-8/h1-5,9H,6-7H2. The van der Waals surface area contributed by atoms with Crippen molar-refractivity contribution in [2.75, 3.05) is 0 Å². The van der Waals surface area contributed by atoms with Crippen molar-refractivity contribution in [2.24, 2.45) is 0 Å². The van der Waals surface area contributed by atoms with E-state index in [0.29, 0.717) is 5.56 Å². The second-order valence-electron chi connectivity index (χ2n) is 3.66. The third-order valence-corrected chi connectivity index (χ3v) is 2.34. The minimum atomic E-state index is -2.65. The van der Waals surface area contributed by atoms with Crippen LogP contribution in [0.15, 0.2) is 30.3 Å². The summed E-state index contributed by atoms with van der Waals surface area (Å²) in [5, 5.41) is 0. The molecule has 0 radical (unpaired) electrons. The van der Waals surface area contributed by atoms with E-state index in [1.54, 1.807) is 30.3 Å². The molecule has 0 aromatic heterocycles. The maximum absolute atomic E-state index is 12.4. The summed E-state index contributed by atoms with van der Waals surface area (Å²) >= 11 is 0. The van der Waals surface area contributed by atoms with Crippen LogP contribution in [0.2, 0.25) is 0 Å². The molecule has 2 rings (SSSR count). The molecule has 1 aromatic carbocycles. The van der Waals surface area contributed by atoms with Crippen LogP contribution in [0.25, 0.3) is 0 Å². The van der Waals surface area contributed by atoms with Crippen LogP contribution in [-0.2, 0) is 4.74 Å². The summed E-state index contributed by atoms with van der Waals surface area (Å²) < 4.78 is 29.8. The fraction of sp³-hybridized carbons (Fsp3) is 0.364. The molecule has 1 aliphatic rings. The van der Waals surface area contributed by atoms with Crippen LogP contribution in [0, 0.1) is 0 Å². The number of hydrogen-bond donors (Lipinski definition) is 0. The van der Waals surface area contributed by atoms with Crippen molar-refractivity contribution in [3.8, 4) is 0 Å². The smallest absolute Gasteiger partial charge is 0.338 e. The first-order valence-corrected chi connectivity index (χ1v) is 4.71. The number of hydrogen-bond acceptors (Lipinski definition) is 2. The molecular formula is C11H10F2O2. The van der Waals surface area contributed by atoms with Crippen molar-refractivity contribution in [2.45, 2.75) is 24.9 Å². The highest BCUT2D eigenvalue weighted by atomic mass is 19.3. The highest BCUT2D eigenvalue weighted by Gasteiger charge is 2.47. The first-order valence-electron chi connectivity index (χ1n) is 4.71. The topological polar surface area (TPSA) is 26.3 Å². The molecule has 80 valence electrons. The summed E-state index contributed by atoms with van der Waals surface area (Å²) in [4.78, 5) is 11.4.